The number of hydrogen-bond acceptors (Lipinski definition) is 6. The smallest absolute Gasteiger partial charge is 0.248 e. The minimum atomic E-state index is -0.545. The van der Waals surface area contributed by atoms with Gasteiger partial charge in [-0.3, -0.25) is 9.78 Å². The van der Waals surface area contributed by atoms with E-state index in [0.717, 1.165) is 30.0 Å². The lowest BCUT2D eigenvalue weighted by molar-refractivity contribution is 0.100. The zero-order chi connectivity index (χ0) is 20.4. The van der Waals surface area contributed by atoms with Crippen molar-refractivity contribution in [1.82, 2.24) is 9.97 Å². The highest BCUT2D eigenvalue weighted by Crippen LogP contribution is 2.26. The fourth-order valence-electron chi connectivity index (χ4n) is 3.35. The highest BCUT2D eigenvalue weighted by molar-refractivity contribution is 6.00. The van der Waals surface area contributed by atoms with E-state index in [2.05, 4.69) is 15.2 Å². The molecule has 8 heteroatoms. The Kier molecular flexibility index (Phi) is 5.26. The summed E-state index contributed by atoms with van der Waals surface area (Å²) in [5.41, 5.74) is 9.44. The number of aryl methyl sites for hydroxylation is 1. The lowest BCUT2D eigenvalue weighted by Gasteiger charge is -2.27. The molecule has 7 nitrogen and oxygen atoms in total. The molecule has 4 rings (SSSR count). The van der Waals surface area contributed by atoms with Crippen LogP contribution in [0, 0.1) is 12.7 Å². The van der Waals surface area contributed by atoms with Gasteiger partial charge >= 0.3 is 0 Å². The second kappa shape index (κ2) is 8.00. The van der Waals surface area contributed by atoms with Gasteiger partial charge in [0.1, 0.15) is 17.2 Å². The molecule has 0 saturated carbocycles. The lowest BCUT2D eigenvalue weighted by atomic mass is 10.1. The number of halogens is 1. The minimum Gasteiger partial charge on any atom is -0.379 e. The van der Waals surface area contributed by atoms with Crippen molar-refractivity contribution >= 4 is 28.4 Å². The van der Waals surface area contributed by atoms with Gasteiger partial charge in [-0.1, -0.05) is 6.07 Å². The number of carbonyl (C=O) groups excluding carboxylic acids is 1. The quantitative estimate of drug-likeness (QED) is 0.690. The number of benzene rings is 2. The van der Waals surface area contributed by atoms with Crippen LogP contribution in [-0.4, -0.2) is 42.2 Å². The van der Waals surface area contributed by atoms with Crippen LogP contribution in [0.3, 0.4) is 0 Å². The average molecular weight is 395 g/mol. The Morgan fingerprint density at radius 1 is 1.28 bits per heavy atom. The third kappa shape index (κ3) is 4.12. The predicted octanol–water partition coefficient (Wildman–Crippen LogP) is 2.62. The van der Waals surface area contributed by atoms with E-state index in [1.54, 1.807) is 24.4 Å². The molecule has 2 heterocycles. The van der Waals surface area contributed by atoms with E-state index < -0.39 is 5.91 Å². The maximum atomic E-state index is 13.6. The van der Waals surface area contributed by atoms with Crippen LogP contribution >= 0.6 is 0 Å². The van der Waals surface area contributed by atoms with E-state index in [-0.39, 0.29) is 5.82 Å². The Morgan fingerprint density at radius 2 is 2.07 bits per heavy atom. The highest BCUT2D eigenvalue weighted by Gasteiger charge is 2.16. The summed E-state index contributed by atoms with van der Waals surface area (Å²) in [4.78, 5) is 23.1. The fourth-order valence-corrected chi connectivity index (χ4v) is 3.35. The molecule has 0 atom stereocenters. The van der Waals surface area contributed by atoms with Gasteiger partial charge in [-0.15, -0.1) is 0 Å². The maximum Gasteiger partial charge on any atom is 0.248 e. The summed E-state index contributed by atoms with van der Waals surface area (Å²) in [6.45, 7) is 5.07. The molecule has 3 N–H and O–H groups in total. The maximum absolute atomic E-state index is 13.6. The van der Waals surface area contributed by atoms with Crippen LogP contribution < -0.4 is 16.0 Å². The van der Waals surface area contributed by atoms with Crippen molar-refractivity contribution < 1.29 is 13.9 Å². The monoisotopic (exact) mass is 395 g/mol. The number of fused-ring (bicyclic) bond motifs is 1. The van der Waals surface area contributed by atoms with Gasteiger partial charge in [-0.05, 0) is 42.3 Å². The number of morpholine rings is 1. The van der Waals surface area contributed by atoms with Gasteiger partial charge in [0.15, 0.2) is 0 Å². The number of nitrogens with two attached hydrogens (primary N) is 1. The van der Waals surface area contributed by atoms with Crippen LogP contribution in [0.1, 0.15) is 21.5 Å². The van der Waals surface area contributed by atoms with E-state index in [0.29, 0.717) is 42.0 Å². The van der Waals surface area contributed by atoms with E-state index in [9.17, 15) is 9.18 Å². The number of carbonyl (C=O) groups is 1. The third-order valence-electron chi connectivity index (χ3n) is 5.04. The number of hydrogen-bond donors (Lipinski definition) is 2. The van der Waals surface area contributed by atoms with Crippen LogP contribution in [0.15, 0.2) is 36.5 Å². The van der Waals surface area contributed by atoms with Gasteiger partial charge in [0.2, 0.25) is 5.91 Å². The van der Waals surface area contributed by atoms with Crippen LogP contribution in [0.4, 0.5) is 15.9 Å². The van der Waals surface area contributed by atoms with Gasteiger partial charge in [0.05, 0.1) is 30.6 Å². The number of aromatic nitrogens is 2. The minimum absolute atomic E-state index is 0.294. The molecule has 1 aromatic heterocycles. The Hall–Kier alpha value is -3.26. The molecule has 0 radical (unpaired) electrons. The largest absolute Gasteiger partial charge is 0.379 e. The summed E-state index contributed by atoms with van der Waals surface area (Å²) in [7, 11) is 0. The molecular formula is C21H22FN5O2. The first-order valence-electron chi connectivity index (χ1n) is 9.43. The number of ether oxygens (including phenoxy) is 1. The van der Waals surface area contributed by atoms with E-state index in [1.165, 1.54) is 12.1 Å². The molecule has 29 heavy (non-hydrogen) atoms. The zero-order valence-electron chi connectivity index (χ0n) is 16.1. The zero-order valence-corrected chi connectivity index (χ0v) is 16.1. The van der Waals surface area contributed by atoms with Gasteiger partial charge < -0.3 is 20.7 Å². The van der Waals surface area contributed by atoms with E-state index >= 15 is 0 Å². The average Bonchev–Trinajstić information content (AvgIpc) is 2.74. The topological polar surface area (TPSA) is 93.4 Å². The molecule has 150 valence electrons. The van der Waals surface area contributed by atoms with Crippen LogP contribution in [-0.2, 0) is 11.3 Å². The number of primary amides is 1. The van der Waals surface area contributed by atoms with Crippen molar-refractivity contribution in [3.05, 3.63) is 59.0 Å². The van der Waals surface area contributed by atoms with Gasteiger partial charge in [-0.25, -0.2) is 9.37 Å². The van der Waals surface area contributed by atoms with Crippen molar-refractivity contribution in [2.45, 2.75) is 13.5 Å². The number of rotatable bonds is 5. The summed E-state index contributed by atoms with van der Waals surface area (Å²) < 4.78 is 19.0. The number of nitrogens with one attached hydrogen (secondary N) is 1. The summed E-state index contributed by atoms with van der Waals surface area (Å²) in [5.74, 6) is -0.0916. The molecule has 0 unspecified atom stereocenters. The Morgan fingerprint density at radius 3 is 2.83 bits per heavy atom. The van der Waals surface area contributed by atoms with Gasteiger partial charge in [0.25, 0.3) is 0 Å². The second-order valence-corrected chi connectivity index (χ2v) is 7.01. The van der Waals surface area contributed by atoms with Crippen LogP contribution in [0.2, 0.25) is 0 Å². The van der Waals surface area contributed by atoms with Crippen molar-refractivity contribution in [2.24, 2.45) is 5.73 Å². The van der Waals surface area contributed by atoms with E-state index in [1.807, 2.05) is 6.92 Å². The SMILES string of the molecule is Cc1ccc(F)cc1CNc1cc(C(N)=O)cc2ncc(N3CCOCC3)nc12. The summed E-state index contributed by atoms with van der Waals surface area (Å²) >= 11 is 0. The molecule has 0 aliphatic carbocycles. The second-order valence-electron chi connectivity index (χ2n) is 7.01. The first kappa shape index (κ1) is 19.1. The molecule has 1 aliphatic heterocycles. The first-order chi connectivity index (χ1) is 14.0. The lowest BCUT2D eigenvalue weighted by Crippen LogP contribution is -2.36. The van der Waals surface area contributed by atoms with Crippen LogP contribution in [0.25, 0.3) is 11.0 Å². The van der Waals surface area contributed by atoms with E-state index in [4.69, 9.17) is 15.5 Å². The fraction of sp³-hybridized carbons (Fsp3) is 0.286. The summed E-state index contributed by atoms with van der Waals surface area (Å²) in [6.07, 6.45) is 1.69. The van der Waals surface area contributed by atoms with Crippen molar-refractivity contribution in [2.75, 3.05) is 36.5 Å². The summed E-state index contributed by atoms with van der Waals surface area (Å²) in [5, 5.41) is 3.28. The number of amides is 1. The molecule has 3 aromatic rings. The normalized spacial score (nSPS) is 14.2. The molecule has 1 aliphatic rings. The number of nitrogens with zero attached hydrogens (tertiary/aromatic N) is 3. The molecule has 2 aromatic carbocycles. The molecule has 0 bridgehead atoms. The molecule has 1 amide bonds. The molecular weight excluding hydrogens is 373 g/mol. The standard InChI is InChI=1S/C21H22FN5O2/c1-13-2-3-16(22)8-15(13)11-24-17-9-14(21(23)28)10-18-20(17)26-19(12-25-18)27-4-6-29-7-5-27/h2-3,8-10,12,24H,4-7,11H2,1H3,(H2,23,28). The summed E-state index contributed by atoms with van der Waals surface area (Å²) in [6, 6.07) is 7.96. The van der Waals surface area contributed by atoms with Gasteiger partial charge in [-0.2, -0.15) is 0 Å². The first-order valence-corrected chi connectivity index (χ1v) is 9.43. The van der Waals surface area contributed by atoms with Crippen molar-refractivity contribution in [3.63, 3.8) is 0 Å². The predicted molar refractivity (Wildman–Crippen MR) is 110 cm³/mol. The molecule has 0 spiro atoms. The van der Waals surface area contributed by atoms with Crippen molar-refractivity contribution in [1.29, 1.82) is 0 Å². The Bertz CT molecular complexity index is 1070. The number of anilines is 2. The molecule has 1 saturated heterocycles. The van der Waals surface area contributed by atoms with Gasteiger partial charge in [0, 0.05) is 25.2 Å². The highest BCUT2D eigenvalue weighted by atomic mass is 19.1. The Labute approximate surface area is 167 Å². The van der Waals surface area contributed by atoms with Crippen molar-refractivity contribution in [3.8, 4) is 0 Å². The molecule has 1 fully saturated rings. The Balaban J connectivity index is 1.72. The van der Waals surface area contributed by atoms with Crippen LogP contribution in [0.5, 0.6) is 0 Å². The third-order valence-corrected chi connectivity index (χ3v) is 5.04.